The van der Waals surface area contributed by atoms with Gasteiger partial charge in [-0.05, 0) is 12.8 Å². The molecule has 0 N–H and O–H groups in total. The van der Waals surface area contributed by atoms with Gasteiger partial charge in [0.1, 0.15) is 0 Å². The topological polar surface area (TPSA) is 26.3 Å². The minimum atomic E-state index is -0.603. The summed E-state index contributed by atoms with van der Waals surface area (Å²) in [5.41, 5.74) is 0. The largest absolute Gasteiger partial charge is 0.383 e. The van der Waals surface area contributed by atoms with E-state index in [1.165, 1.54) is 6.42 Å². The van der Waals surface area contributed by atoms with Crippen molar-refractivity contribution in [1.82, 2.24) is 0 Å². The average molecular weight is 162 g/mol. The quantitative estimate of drug-likeness (QED) is 0.604. The van der Waals surface area contributed by atoms with Crippen LogP contribution in [0.15, 0.2) is 0 Å². The second-order valence-electron chi connectivity index (χ2n) is 2.66. The fourth-order valence-corrected chi connectivity index (χ4v) is 2.80. The number of hydrogen-bond acceptors (Lipinski definition) is 2. The Kier molecular flexibility index (Phi) is 3.35. The first kappa shape index (κ1) is 8.21. The van der Waals surface area contributed by atoms with Gasteiger partial charge in [0.2, 0.25) is 0 Å². The predicted molar refractivity (Wildman–Crippen MR) is 42.5 cm³/mol. The summed E-state index contributed by atoms with van der Waals surface area (Å²) in [4.78, 5) is 0. The minimum Gasteiger partial charge on any atom is -0.383 e. The molecule has 3 heteroatoms. The molecule has 1 saturated heterocycles. The second-order valence-corrected chi connectivity index (χ2v) is 4.49. The second kappa shape index (κ2) is 4.09. The molecule has 0 bridgehead atoms. The van der Waals surface area contributed by atoms with Gasteiger partial charge < -0.3 is 4.74 Å². The highest BCUT2D eigenvalue weighted by Crippen LogP contribution is 2.15. The Morgan fingerprint density at radius 1 is 1.60 bits per heavy atom. The molecular weight excluding hydrogens is 148 g/mol. The molecule has 1 fully saturated rings. The van der Waals surface area contributed by atoms with E-state index in [2.05, 4.69) is 0 Å². The van der Waals surface area contributed by atoms with Gasteiger partial charge in [-0.25, -0.2) is 0 Å². The number of hydrogen-bond donors (Lipinski definition) is 0. The summed E-state index contributed by atoms with van der Waals surface area (Å²) < 4.78 is 16.2. The highest BCUT2D eigenvalue weighted by molar-refractivity contribution is 7.85. The van der Waals surface area contributed by atoms with Crippen molar-refractivity contribution in [2.24, 2.45) is 0 Å². The third-order valence-electron chi connectivity index (χ3n) is 1.85. The third kappa shape index (κ3) is 2.06. The van der Waals surface area contributed by atoms with Crippen LogP contribution >= 0.6 is 0 Å². The molecule has 0 saturated carbocycles. The van der Waals surface area contributed by atoms with E-state index in [0.717, 1.165) is 18.6 Å². The molecule has 1 heterocycles. The van der Waals surface area contributed by atoms with Crippen molar-refractivity contribution in [3.63, 3.8) is 0 Å². The van der Waals surface area contributed by atoms with E-state index in [0.29, 0.717) is 11.9 Å². The van der Waals surface area contributed by atoms with Crippen LogP contribution in [0.2, 0.25) is 0 Å². The van der Waals surface area contributed by atoms with Gasteiger partial charge in [-0.3, -0.25) is 4.21 Å². The maximum absolute atomic E-state index is 11.2. The first-order chi connectivity index (χ1) is 4.84. The van der Waals surface area contributed by atoms with Gasteiger partial charge in [0.05, 0.1) is 11.9 Å². The molecule has 10 heavy (non-hydrogen) atoms. The Balaban J connectivity index is 2.32. The molecular formula is C7H14O2S. The predicted octanol–water partition coefficient (Wildman–Crippen LogP) is 0.934. The summed E-state index contributed by atoms with van der Waals surface area (Å²) in [5, 5.41) is 0.318. The molecule has 0 spiro atoms. The Labute approximate surface area is 64.4 Å². The lowest BCUT2D eigenvalue weighted by atomic mass is 10.2. The molecule has 60 valence electrons. The monoisotopic (exact) mass is 162 g/mol. The number of methoxy groups -OCH3 is 1. The van der Waals surface area contributed by atoms with Crippen LogP contribution < -0.4 is 0 Å². The van der Waals surface area contributed by atoms with E-state index >= 15 is 0 Å². The summed E-state index contributed by atoms with van der Waals surface area (Å²) in [6.45, 7) is 0.673. The van der Waals surface area contributed by atoms with Crippen LogP contribution in [0.3, 0.4) is 0 Å². The van der Waals surface area contributed by atoms with Crippen molar-refractivity contribution in [1.29, 1.82) is 0 Å². The van der Waals surface area contributed by atoms with Crippen LogP contribution in [0, 0.1) is 0 Å². The normalized spacial score (nSPS) is 34.1. The third-order valence-corrected chi connectivity index (χ3v) is 3.65. The molecule has 1 aliphatic heterocycles. The van der Waals surface area contributed by atoms with Gasteiger partial charge in [0.25, 0.3) is 0 Å². The maximum atomic E-state index is 11.2. The first-order valence-electron chi connectivity index (χ1n) is 3.70. The summed E-state index contributed by atoms with van der Waals surface area (Å²) in [6.07, 6.45) is 3.44. The summed E-state index contributed by atoms with van der Waals surface area (Å²) >= 11 is 0. The lowest BCUT2D eigenvalue weighted by Crippen LogP contribution is -2.26. The summed E-state index contributed by atoms with van der Waals surface area (Å²) in [5.74, 6) is 0.883. The molecule has 0 amide bonds. The van der Waals surface area contributed by atoms with Gasteiger partial charge in [-0.15, -0.1) is 0 Å². The van der Waals surface area contributed by atoms with E-state index in [1.54, 1.807) is 7.11 Å². The molecule has 0 radical (unpaired) electrons. The van der Waals surface area contributed by atoms with Gasteiger partial charge in [-0.2, -0.15) is 0 Å². The zero-order chi connectivity index (χ0) is 7.40. The molecule has 0 aromatic rings. The van der Waals surface area contributed by atoms with Crippen LogP contribution in [0.1, 0.15) is 19.3 Å². The van der Waals surface area contributed by atoms with Crippen molar-refractivity contribution in [2.75, 3.05) is 19.5 Å². The highest BCUT2D eigenvalue weighted by Gasteiger charge is 2.19. The van der Waals surface area contributed by atoms with Crippen LogP contribution in [0.25, 0.3) is 0 Å². The van der Waals surface area contributed by atoms with Crippen molar-refractivity contribution >= 4 is 10.8 Å². The van der Waals surface area contributed by atoms with Crippen molar-refractivity contribution in [3.8, 4) is 0 Å². The molecule has 1 aliphatic rings. The molecule has 0 aromatic carbocycles. The van der Waals surface area contributed by atoms with Crippen molar-refractivity contribution in [2.45, 2.75) is 24.5 Å². The standard InChI is InChI=1S/C7H14O2S/c1-9-6-7-4-2-3-5-10(7)8/h7H,2-6H2,1H3. The Hall–Kier alpha value is 0.110. The van der Waals surface area contributed by atoms with E-state index in [4.69, 9.17) is 4.74 Å². The van der Waals surface area contributed by atoms with Crippen LogP contribution in [-0.4, -0.2) is 28.9 Å². The van der Waals surface area contributed by atoms with Crippen LogP contribution in [-0.2, 0) is 15.5 Å². The van der Waals surface area contributed by atoms with E-state index in [1.807, 2.05) is 0 Å². The fourth-order valence-electron chi connectivity index (χ4n) is 1.26. The van der Waals surface area contributed by atoms with Gasteiger partial charge in [0.15, 0.2) is 0 Å². The van der Waals surface area contributed by atoms with E-state index in [9.17, 15) is 4.21 Å². The van der Waals surface area contributed by atoms with Gasteiger partial charge >= 0.3 is 0 Å². The molecule has 1 rings (SSSR count). The molecule has 2 nitrogen and oxygen atoms in total. The zero-order valence-corrected chi connectivity index (χ0v) is 7.15. The van der Waals surface area contributed by atoms with Gasteiger partial charge in [-0.1, -0.05) is 6.42 Å². The van der Waals surface area contributed by atoms with E-state index < -0.39 is 10.8 Å². The van der Waals surface area contributed by atoms with Crippen LogP contribution in [0.4, 0.5) is 0 Å². The number of rotatable bonds is 2. The lowest BCUT2D eigenvalue weighted by molar-refractivity contribution is 0.194. The molecule has 0 aliphatic carbocycles. The van der Waals surface area contributed by atoms with Gasteiger partial charge in [0, 0.05) is 23.7 Å². The molecule has 2 atom stereocenters. The van der Waals surface area contributed by atoms with Crippen molar-refractivity contribution < 1.29 is 8.95 Å². The lowest BCUT2D eigenvalue weighted by Gasteiger charge is -2.19. The summed E-state index contributed by atoms with van der Waals surface area (Å²) in [7, 11) is 1.07. The SMILES string of the molecule is COCC1CCCCS1=O. The van der Waals surface area contributed by atoms with E-state index in [-0.39, 0.29) is 0 Å². The summed E-state index contributed by atoms with van der Waals surface area (Å²) in [6, 6.07) is 0. The Morgan fingerprint density at radius 2 is 2.40 bits per heavy atom. The fraction of sp³-hybridized carbons (Fsp3) is 1.00. The zero-order valence-electron chi connectivity index (χ0n) is 6.34. The van der Waals surface area contributed by atoms with Crippen molar-refractivity contribution in [3.05, 3.63) is 0 Å². The average Bonchev–Trinajstić information content (AvgIpc) is 1.94. The van der Waals surface area contributed by atoms with Crippen LogP contribution in [0.5, 0.6) is 0 Å². The molecule has 0 aromatic heterocycles. The Bertz CT molecular complexity index is 123. The maximum Gasteiger partial charge on any atom is 0.0606 e. The smallest absolute Gasteiger partial charge is 0.0606 e. The highest BCUT2D eigenvalue weighted by atomic mass is 32.2. The minimum absolute atomic E-state index is 0.318. The Morgan fingerprint density at radius 3 is 3.00 bits per heavy atom. The number of ether oxygens (including phenoxy) is 1. The first-order valence-corrected chi connectivity index (χ1v) is 5.09. The molecule has 2 unspecified atom stereocenters.